The molecule has 1 aliphatic carbocycles. The Morgan fingerprint density at radius 3 is 1.58 bits per heavy atom. The summed E-state index contributed by atoms with van der Waals surface area (Å²) in [7, 11) is 0. The summed E-state index contributed by atoms with van der Waals surface area (Å²) in [5.74, 6) is 0. The van der Waals surface area contributed by atoms with Crippen LogP contribution in [0.15, 0.2) is 229 Å². The summed E-state index contributed by atoms with van der Waals surface area (Å²) in [6.07, 6.45) is 0. The van der Waals surface area contributed by atoms with Crippen molar-refractivity contribution in [1.29, 1.82) is 0 Å². The minimum atomic E-state index is -0.530. The van der Waals surface area contributed by atoms with Crippen LogP contribution in [0.3, 0.4) is 0 Å². The third-order valence-electron chi connectivity index (χ3n) is 11.8. The monoisotopic (exact) mass is 727 g/mol. The number of rotatable bonds is 7. The SMILES string of the molecule is c1ccc(-c2ccc(N(c3ccc4c(c3)C(c3ccccc3)(c3ccccc3)c3ccccc3-4)c3cc4oc5ccccc5c4cc3-c3ccccc3)cc2)cc1. The molecule has 0 spiro atoms. The molecule has 2 heteroatoms. The number of hydrogen-bond acceptors (Lipinski definition) is 2. The first-order chi connectivity index (χ1) is 28.3. The molecule has 0 unspecified atom stereocenters. The lowest BCUT2D eigenvalue weighted by Gasteiger charge is -2.35. The molecule has 57 heavy (non-hydrogen) atoms. The molecular weight excluding hydrogens is 691 g/mol. The van der Waals surface area contributed by atoms with Gasteiger partial charge in [-0.1, -0.05) is 182 Å². The third kappa shape index (κ3) is 5.26. The van der Waals surface area contributed by atoms with Gasteiger partial charge in [-0.15, -0.1) is 0 Å². The highest BCUT2D eigenvalue weighted by Gasteiger charge is 2.46. The fourth-order valence-electron chi connectivity index (χ4n) is 9.23. The van der Waals surface area contributed by atoms with Crippen LogP contribution in [0.5, 0.6) is 0 Å². The largest absolute Gasteiger partial charge is 0.456 e. The first kappa shape index (κ1) is 33.0. The second kappa shape index (κ2) is 13.4. The Bertz CT molecular complexity index is 3000. The highest BCUT2D eigenvalue weighted by atomic mass is 16.3. The van der Waals surface area contributed by atoms with E-state index in [4.69, 9.17) is 4.42 Å². The Balaban J connectivity index is 1.21. The first-order valence-corrected chi connectivity index (χ1v) is 19.6. The lowest BCUT2D eigenvalue weighted by molar-refractivity contribution is 0.669. The first-order valence-electron chi connectivity index (χ1n) is 19.6. The van der Waals surface area contributed by atoms with Crippen LogP contribution in [0.1, 0.15) is 22.3 Å². The molecule has 0 radical (unpaired) electrons. The number of furan rings is 1. The van der Waals surface area contributed by atoms with E-state index in [0.717, 1.165) is 50.1 Å². The third-order valence-corrected chi connectivity index (χ3v) is 11.8. The van der Waals surface area contributed by atoms with Gasteiger partial charge in [0.25, 0.3) is 0 Å². The fourth-order valence-corrected chi connectivity index (χ4v) is 9.23. The van der Waals surface area contributed by atoms with Crippen LogP contribution < -0.4 is 4.90 Å². The molecule has 0 atom stereocenters. The average Bonchev–Trinajstić information content (AvgIpc) is 3.80. The highest BCUT2D eigenvalue weighted by Crippen LogP contribution is 2.57. The van der Waals surface area contributed by atoms with Crippen molar-refractivity contribution in [1.82, 2.24) is 0 Å². The molecular formula is C55H37NO. The maximum absolute atomic E-state index is 6.62. The predicted molar refractivity (Wildman–Crippen MR) is 237 cm³/mol. The van der Waals surface area contributed by atoms with Crippen LogP contribution in [0, 0.1) is 0 Å². The summed E-state index contributed by atoms with van der Waals surface area (Å²) in [6, 6.07) is 81.3. The molecule has 9 aromatic carbocycles. The van der Waals surface area contributed by atoms with Crippen molar-refractivity contribution in [2.45, 2.75) is 5.41 Å². The van der Waals surface area contributed by atoms with E-state index in [1.54, 1.807) is 0 Å². The Kier molecular flexibility index (Phi) is 7.75. The molecule has 0 saturated heterocycles. The van der Waals surface area contributed by atoms with Crippen molar-refractivity contribution >= 4 is 39.0 Å². The molecule has 2 nitrogen and oxygen atoms in total. The quantitative estimate of drug-likeness (QED) is 0.163. The topological polar surface area (TPSA) is 16.4 Å². The molecule has 1 aromatic heterocycles. The van der Waals surface area contributed by atoms with E-state index in [-0.39, 0.29) is 0 Å². The van der Waals surface area contributed by atoms with E-state index in [2.05, 4.69) is 223 Å². The molecule has 268 valence electrons. The number of para-hydroxylation sites is 1. The molecule has 0 fully saturated rings. The van der Waals surface area contributed by atoms with Crippen molar-refractivity contribution in [3.63, 3.8) is 0 Å². The van der Waals surface area contributed by atoms with Crippen LogP contribution in [0.25, 0.3) is 55.3 Å². The van der Waals surface area contributed by atoms with E-state index in [1.165, 1.54) is 44.5 Å². The summed E-state index contributed by atoms with van der Waals surface area (Å²) in [5.41, 5.74) is 16.6. The van der Waals surface area contributed by atoms with Crippen LogP contribution in [0.4, 0.5) is 17.1 Å². The number of nitrogens with zero attached hydrogens (tertiary/aromatic N) is 1. The second-order valence-corrected chi connectivity index (χ2v) is 14.8. The van der Waals surface area contributed by atoms with Gasteiger partial charge in [0, 0.05) is 33.8 Å². The van der Waals surface area contributed by atoms with Crippen LogP contribution in [0.2, 0.25) is 0 Å². The molecule has 0 saturated carbocycles. The van der Waals surface area contributed by atoms with Gasteiger partial charge < -0.3 is 9.32 Å². The zero-order valence-electron chi connectivity index (χ0n) is 31.2. The van der Waals surface area contributed by atoms with Crippen molar-refractivity contribution < 1.29 is 4.42 Å². The second-order valence-electron chi connectivity index (χ2n) is 14.8. The van der Waals surface area contributed by atoms with Crippen molar-refractivity contribution in [2.75, 3.05) is 4.90 Å². The van der Waals surface area contributed by atoms with Gasteiger partial charge in [0.05, 0.1) is 11.1 Å². The summed E-state index contributed by atoms with van der Waals surface area (Å²) in [6.45, 7) is 0. The van der Waals surface area contributed by atoms with E-state index in [9.17, 15) is 0 Å². The molecule has 1 heterocycles. The molecule has 1 aliphatic rings. The predicted octanol–water partition coefficient (Wildman–Crippen LogP) is 14.8. The van der Waals surface area contributed by atoms with Gasteiger partial charge >= 0.3 is 0 Å². The Morgan fingerprint density at radius 1 is 0.333 bits per heavy atom. The maximum atomic E-state index is 6.62. The van der Waals surface area contributed by atoms with Gasteiger partial charge in [-0.25, -0.2) is 0 Å². The summed E-state index contributed by atoms with van der Waals surface area (Å²) in [4.78, 5) is 2.42. The number of benzene rings is 9. The standard InChI is InChI=1S/C55H37NO/c1-5-17-38(18-6-1)39-29-31-43(32-30-39)56(52-37-54-49(47-26-14-16-28-53(47)57-54)36-48(52)40-19-7-2-8-20-40)44-33-34-46-45-25-13-15-27-50(45)55(51(46)35-44,41-21-9-3-10-22-41)42-23-11-4-12-24-42/h1-37H. The van der Waals surface area contributed by atoms with Crippen LogP contribution in [-0.4, -0.2) is 0 Å². The van der Waals surface area contributed by atoms with Crippen molar-refractivity contribution in [3.8, 4) is 33.4 Å². The molecule has 0 N–H and O–H groups in total. The van der Waals surface area contributed by atoms with Gasteiger partial charge in [0.15, 0.2) is 0 Å². The Hall–Kier alpha value is -7.42. The van der Waals surface area contributed by atoms with Crippen LogP contribution >= 0.6 is 0 Å². The molecule has 0 amide bonds. The molecule has 10 aromatic rings. The number of anilines is 3. The zero-order valence-corrected chi connectivity index (χ0v) is 31.2. The Labute approximate surface area is 332 Å². The maximum Gasteiger partial charge on any atom is 0.137 e. The lowest BCUT2D eigenvalue weighted by atomic mass is 9.67. The number of hydrogen-bond donors (Lipinski definition) is 0. The minimum Gasteiger partial charge on any atom is -0.456 e. The van der Waals surface area contributed by atoms with E-state index in [0.29, 0.717) is 0 Å². The van der Waals surface area contributed by atoms with Gasteiger partial charge in [0.1, 0.15) is 11.2 Å². The number of fused-ring (bicyclic) bond motifs is 6. The molecule has 11 rings (SSSR count). The lowest BCUT2D eigenvalue weighted by Crippen LogP contribution is -2.28. The highest BCUT2D eigenvalue weighted by molar-refractivity contribution is 6.09. The van der Waals surface area contributed by atoms with Crippen molar-refractivity contribution in [3.05, 3.63) is 247 Å². The van der Waals surface area contributed by atoms with Gasteiger partial charge in [0.2, 0.25) is 0 Å². The summed E-state index contributed by atoms with van der Waals surface area (Å²) >= 11 is 0. The van der Waals surface area contributed by atoms with Gasteiger partial charge in [-0.3, -0.25) is 0 Å². The van der Waals surface area contributed by atoms with E-state index < -0.39 is 5.41 Å². The van der Waals surface area contributed by atoms with Crippen LogP contribution in [-0.2, 0) is 5.41 Å². The summed E-state index contributed by atoms with van der Waals surface area (Å²) < 4.78 is 6.62. The van der Waals surface area contributed by atoms with Gasteiger partial charge in [-0.05, 0) is 86.5 Å². The summed E-state index contributed by atoms with van der Waals surface area (Å²) in [5, 5.41) is 2.21. The normalized spacial score (nSPS) is 12.7. The fraction of sp³-hybridized carbons (Fsp3) is 0.0182. The Morgan fingerprint density at radius 2 is 0.877 bits per heavy atom. The smallest absolute Gasteiger partial charge is 0.137 e. The van der Waals surface area contributed by atoms with E-state index >= 15 is 0 Å². The van der Waals surface area contributed by atoms with Gasteiger partial charge in [-0.2, -0.15) is 0 Å². The minimum absolute atomic E-state index is 0.530. The molecule has 0 bridgehead atoms. The zero-order chi connectivity index (χ0) is 37.8. The van der Waals surface area contributed by atoms with E-state index in [1.807, 2.05) is 6.07 Å². The average molecular weight is 728 g/mol. The molecule has 0 aliphatic heterocycles. The van der Waals surface area contributed by atoms with Crippen molar-refractivity contribution in [2.24, 2.45) is 0 Å².